The van der Waals surface area contributed by atoms with E-state index >= 15 is 0 Å². The summed E-state index contributed by atoms with van der Waals surface area (Å²) in [5.74, 6) is 1.37. The molecule has 0 aromatic carbocycles. The lowest BCUT2D eigenvalue weighted by atomic mass is 10.1. The second-order valence-electron chi connectivity index (χ2n) is 8.74. The molecule has 0 spiro atoms. The van der Waals surface area contributed by atoms with Gasteiger partial charge in [-0.25, -0.2) is 0 Å². The molecule has 2 heterocycles. The highest BCUT2D eigenvalue weighted by atomic mass is 32.2. The van der Waals surface area contributed by atoms with Crippen LogP contribution in [0.3, 0.4) is 0 Å². The van der Waals surface area contributed by atoms with E-state index in [0.717, 1.165) is 23.1 Å². The van der Waals surface area contributed by atoms with Crippen LogP contribution in [0.1, 0.15) is 69.2 Å². The van der Waals surface area contributed by atoms with Crippen LogP contribution in [0, 0.1) is 11.8 Å². The van der Waals surface area contributed by atoms with Crippen LogP contribution in [-0.2, 0) is 4.74 Å². The summed E-state index contributed by atoms with van der Waals surface area (Å²) in [6.07, 6.45) is 0.736. The molecule has 2 saturated heterocycles. The fourth-order valence-electron chi connectivity index (χ4n) is 3.61. The van der Waals surface area contributed by atoms with Crippen LogP contribution < -0.4 is 0 Å². The normalized spacial score (nSPS) is 32.2. The number of thioether (sulfide) groups is 1. The lowest BCUT2D eigenvalue weighted by Gasteiger charge is -2.29. The van der Waals surface area contributed by atoms with Crippen molar-refractivity contribution < 1.29 is 4.74 Å². The Morgan fingerprint density at radius 3 is 1.67 bits per heavy atom. The highest BCUT2D eigenvalue weighted by molar-refractivity contribution is 8.00. The number of rotatable bonds is 4. The highest BCUT2D eigenvalue weighted by Gasteiger charge is 2.34. The monoisotopic (exact) mass is 358 g/mol. The molecule has 4 atom stereocenters. The zero-order valence-electron chi connectivity index (χ0n) is 17.7. The van der Waals surface area contributed by atoms with E-state index in [1.807, 2.05) is 0 Å². The van der Waals surface area contributed by atoms with Crippen LogP contribution >= 0.6 is 11.8 Å². The van der Waals surface area contributed by atoms with Gasteiger partial charge in [0.25, 0.3) is 0 Å². The average molecular weight is 359 g/mol. The maximum Gasteiger partial charge on any atom is 0.113 e. The van der Waals surface area contributed by atoms with E-state index in [1.54, 1.807) is 0 Å². The number of ether oxygens (including phenoxy) is 1. The van der Waals surface area contributed by atoms with Crippen molar-refractivity contribution >= 4 is 11.8 Å². The van der Waals surface area contributed by atoms with Crippen LogP contribution in [0.15, 0.2) is 0 Å². The van der Waals surface area contributed by atoms with Gasteiger partial charge in [0, 0.05) is 30.4 Å². The first-order valence-corrected chi connectivity index (χ1v) is 10.8. The van der Waals surface area contributed by atoms with Crippen molar-refractivity contribution in [2.45, 2.75) is 104 Å². The van der Waals surface area contributed by atoms with Gasteiger partial charge >= 0.3 is 0 Å². The summed E-state index contributed by atoms with van der Waals surface area (Å²) in [4.78, 5) is 5.06. The number of nitrogens with zero attached hydrogens (tertiary/aromatic N) is 2. The largest absolute Gasteiger partial charge is 0.359 e. The van der Waals surface area contributed by atoms with Gasteiger partial charge in [-0.15, -0.1) is 11.8 Å². The molecule has 2 fully saturated rings. The van der Waals surface area contributed by atoms with Crippen molar-refractivity contribution in [3.05, 3.63) is 0 Å². The van der Waals surface area contributed by atoms with Gasteiger partial charge in [-0.05, 0) is 46.5 Å². The van der Waals surface area contributed by atoms with E-state index < -0.39 is 0 Å². The van der Waals surface area contributed by atoms with Gasteiger partial charge in [-0.2, -0.15) is 0 Å². The second-order valence-corrected chi connectivity index (χ2v) is 10.3. The summed E-state index contributed by atoms with van der Waals surface area (Å²) in [6.45, 7) is 25.0. The first-order valence-electron chi connectivity index (χ1n) is 9.86. The lowest BCUT2D eigenvalue weighted by Crippen LogP contribution is -2.39. The summed E-state index contributed by atoms with van der Waals surface area (Å²) >= 11 is 2.14. The van der Waals surface area contributed by atoms with Crippen molar-refractivity contribution in [3.8, 4) is 0 Å². The van der Waals surface area contributed by atoms with E-state index in [-0.39, 0.29) is 0 Å². The van der Waals surface area contributed by atoms with Crippen molar-refractivity contribution in [1.82, 2.24) is 9.80 Å². The Kier molecular flexibility index (Phi) is 9.09. The number of hydrogen-bond donors (Lipinski definition) is 0. The Balaban J connectivity index is 0.000000240. The van der Waals surface area contributed by atoms with Gasteiger partial charge in [0.05, 0.1) is 11.5 Å². The van der Waals surface area contributed by atoms with Gasteiger partial charge < -0.3 is 4.74 Å². The van der Waals surface area contributed by atoms with Crippen molar-refractivity contribution in [2.75, 3.05) is 13.1 Å². The molecule has 2 aliphatic heterocycles. The average Bonchev–Trinajstić information content (AvgIpc) is 3.03. The first-order chi connectivity index (χ1) is 11.0. The molecule has 0 bridgehead atoms. The van der Waals surface area contributed by atoms with E-state index in [0.29, 0.717) is 30.3 Å². The topological polar surface area (TPSA) is 15.7 Å². The van der Waals surface area contributed by atoms with Gasteiger partial charge in [-0.3, -0.25) is 9.80 Å². The summed E-state index contributed by atoms with van der Waals surface area (Å²) in [6, 6.07) is 1.30. The Bertz CT molecular complexity index is 294. The van der Waals surface area contributed by atoms with E-state index in [4.69, 9.17) is 4.74 Å². The summed E-state index contributed by atoms with van der Waals surface area (Å²) in [7, 11) is 0. The van der Waals surface area contributed by atoms with Crippen LogP contribution in [-0.4, -0.2) is 57.9 Å². The molecule has 144 valence electrons. The minimum absolute atomic E-state index is 0.333. The molecule has 0 N–H and O–H groups in total. The third-order valence-electron chi connectivity index (χ3n) is 4.80. The van der Waals surface area contributed by atoms with Crippen molar-refractivity contribution in [1.29, 1.82) is 0 Å². The first kappa shape index (κ1) is 22.3. The summed E-state index contributed by atoms with van der Waals surface area (Å²) in [5.41, 5.74) is 0. The third-order valence-corrected chi connectivity index (χ3v) is 6.51. The maximum atomic E-state index is 5.82. The zero-order chi connectivity index (χ0) is 18.6. The van der Waals surface area contributed by atoms with Gasteiger partial charge in [0.2, 0.25) is 0 Å². The molecule has 24 heavy (non-hydrogen) atoms. The molecule has 3 nitrogen and oxygen atoms in total. The predicted octanol–water partition coefficient (Wildman–Crippen LogP) is 4.91. The Hall–Kier alpha value is 0.230. The van der Waals surface area contributed by atoms with E-state index in [1.165, 1.54) is 6.54 Å². The van der Waals surface area contributed by atoms with Gasteiger partial charge in [-0.1, -0.05) is 34.6 Å². The van der Waals surface area contributed by atoms with Crippen molar-refractivity contribution in [3.63, 3.8) is 0 Å². The quantitative estimate of drug-likeness (QED) is 0.709. The SMILES string of the molecule is CC(C)[C@@H]1O[C@H](C)CN1C(C)C.CC(C)[C@@H]1S[C@H](C)CN1C(C)C. The highest BCUT2D eigenvalue weighted by Crippen LogP contribution is 2.35. The Morgan fingerprint density at radius 1 is 0.792 bits per heavy atom. The van der Waals surface area contributed by atoms with E-state index in [2.05, 4.69) is 90.8 Å². The van der Waals surface area contributed by atoms with Crippen molar-refractivity contribution in [2.24, 2.45) is 11.8 Å². The zero-order valence-corrected chi connectivity index (χ0v) is 18.6. The molecule has 0 aromatic heterocycles. The summed E-state index contributed by atoms with van der Waals surface area (Å²) < 4.78 is 5.82. The molecule has 0 unspecified atom stereocenters. The fraction of sp³-hybridized carbons (Fsp3) is 1.00. The molecule has 0 saturated carbocycles. The molecule has 0 aromatic rings. The Morgan fingerprint density at radius 2 is 1.33 bits per heavy atom. The molecule has 2 rings (SSSR count). The van der Waals surface area contributed by atoms with Gasteiger partial charge in [0.1, 0.15) is 6.23 Å². The van der Waals surface area contributed by atoms with Crippen LogP contribution in [0.5, 0.6) is 0 Å². The van der Waals surface area contributed by atoms with Crippen LogP contribution in [0.2, 0.25) is 0 Å². The summed E-state index contributed by atoms with van der Waals surface area (Å²) in [5, 5.41) is 1.57. The number of hydrogen-bond acceptors (Lipinski definition) is 4. The van der Waals surface area contributed by atoms with E-state index in [9.17, 15) is 0 Å². The minimum atomic E-state index is 0.333. The smallest absolute Gasteiger partial charge is 0.113 e. The van der Waals surface area contributed by atoms with Crippen LogP contribution in [0.25, 0.3) is 0 Å². The molecular weight excluding hydrogens is 316 g/mol. The molecular formula is C20H42N2OS. The minimum Gasteiger partial charge on any atom is -0.359 e. The molecule has 4 heteroatoms. The third kappa shape index (κ3) is 6.19. The Labute approximate surface area is 155 Å². The standard InChI is InChI=1S/C10H21NO.C10H21NS/c2*1-7(2)10-11(8(3)4)6-9(5)12-10/h2*7-10H,6H2,1-5H3/t2*9-,10+/m11/s1. The maximum absolute atomic E-state index is 5.82. The second kappa shape index (κ2) is 9.80. The molecule has 2 aliphatic rings. The lowest BCUT2D eigenvalue weighted by molar-refractivity contribution is -0.0347. The van der Waals surface area contributed by atoms with Crippen LogP contribution in [0.4, 0.5) is 0 Å². The fourth-order valence-corrected chi connectivity index (χ4v) is 5.14. The molecule has 0 radical (unpaired) electrons. The predicted molar refractivity (Wildman–Crippen MR) is 109 cm³/mol. The molecule has 0 amide bonds. The van der Waals surface area contributed by atoms with Gasteiger partial charge in [0.15, 0.2) is 0 Å². The molecule has 0 aliphatic carbocycles.